The van der Waals surface area contributed by atoms with E-state index in [9.17, 15) is 9.90 Å². The lowest BCUT2D eigenvalue weighted by molar-refractivity contribution is -0.133. The average Bonchev–Trinajstić information content (AvgIpc) is 2.73. The van der Waals surface area contributed by atoms with Crippen molar-refractivity contribution in [2.45, 2.75) is 90.4 Å². The van der Waals surface area contributed by atoms with Crippen LogP contribution in [0.3, 0.4) is 0 Å². The predicted molar refractivity (Wildman–Crippen MR) is 117 cm³/mol. The van der Waals surface area contributed by atoms with Crippen LogP contribution in [0, 0.1) is 17.8 Å². The van der Waals surface area contributed by atoms with Crippen LogP contribution in [0.4, 0.5) is 0 Å². The fourth-order valence-corrected chi connectivity index (χ4v) is 5.72. The SMILES string of the molecule is CCC=C(C(=O)O)C1CCC(C2CCC(c3ccc(CCC)cc3)CC2)CC1. The Morgan fingerprint density at radius 3 is 2.00 bits per heavy atom. The molecule has 154 valence electrons. The van der Waals surface area contributed by atoms with E-state index in [2.05, 4.69) is 31.2 Å². The van der Waals surface area contributed by atoms with Gasteiger partial charge in [0.2, 0.25) is 0 Å². The zero-order valence-electron chi connectivity index (χ0n) is 17.8. The molecular formula is C26H38O2. The zero-order chi connectivity index (χ0) is 19.9. The van der Waals surface area contributed by atoms with Crippen molar-refractivity contribution < 1.29 is 9.90 Å². The minimum Gasteiger partial charge on any atom is -0.478 e. The van der Waals surface area contributed by atoms with E-state index in [4.69, 9.17) is 0 Å². The Kier molecular flexibility index (Phi) is 7.76. The van der Waals surface area contributed by atoms with Crippen LogP contribution >= 0.6 is 0 Å². The van der Waals surface area contributed by atoms with Gasteiger partial charge in [-0.15, -0.1) is 0 Å². The molecule has 0 unspecified atom stereocenters. The molecule has 0 aromatic heterocycles. The van der Waals surface area contributed by atoms with Crippen molar-refractivity contribution in [1.29, 1.82) is 0 Å². The summed E-state index contributed by atoms with van der Waals surface area (Å²) in [5, 5.41) is 9.49. The van der Waals surface area contributed by atoms with Crippen LogP contribution in [-0.2, 0) is 11.2 Å². The Morgan fingerprint density at radius 1 is 0.929 bits per heavy atom. The summed E-state index contributed by atoms with van der Waals surface area (Å²) in [4.78, 5) is 11.5. The molecule has 0 radical (unpaired) electrons. The second-order valence-electron chi connectivity index (χ2n) is 9.09. The van der Waals surface area contributed by atoms with Crippen LogP contribution < -0.4 is 0 Å². The normalized spacial score (nSPS) is 28.9. The molecule has 0 atom stereocenters. The van der Waals surface area contributed by atoms with Gasteiger partial charge in [0.15, 0.2) is 0 Å². The molecule has 0 amide bonds. The third-order valence-electron chi connectivity index (χ3n) is 7.31. The summed E-state index contributed by atoms with van der Waals surface area (Å²) >= 11 is 0. The molecule has 2 nitrogen and oxygen atoms in total. The number of allylic oxidation sites excluding steroid dienone is 1. The maximum Gasteiger partial charge on any atom is 0.331 e. The number of hydrogen-bond acceptors (Lipinski definition) is 1. The Balaban J connectivity index is 1.48. The lowest BCUT2D eigenvalue weighted by atomic mass is 9.67. The van der Waals surface area contributed by atoms with Gasteiger partial charge in [-0.1, -0.05) is 50.6 Å². The number of carboxylic acids is 1. The highest BCUT2D eigenvalue weighted by atomic mass is 16.4. The Hall–Kier alpha value is -1.57. The van der Waals surface area contributed by atoms with E-state index in [1.165, 1.54) is 62.5 Å². The van der Waals surface area contributed by atoms with Crippen LogP contribution in [0.15, 0.2) is 35.9 Å². The molecule has 0 saturated heterocycles. The molecule has 2 aliphatic carbocycles. The van der Waals surface area contributed by atoms with Crippen molar-refractivity contribution in [2.24, 2.45) is 17.8 Å². The fraction of sp³-hybridized carbons (Fsp3) is 0.654. The minimum absolute atomic E-state index is 0.284. The summed E-state index contributed by atoms with van der Waals surface area (Å²) in [7, 11) is 0. The summed E-state index contributed by atoms with van der Waals surface area (Å²) in [5.41, 5.74) is 3.68. The van der Waals surface area contributed by atoms with Gasteiger partial charge < -0.3 is 5.11 Å². The molecule has 1 aromatic rings. The molecule has 0 spiro atoms. The molecule has 3 rings (SSSR count). The molecule has 0 heterocycles. The van der Waals surface area contributed by atoms with Crippen LogP contribution in [0.1, 0.15) is 95.1 Å². The maximum absolute atomic E-state index is 11.5. The molecular weight excluding hydrogens is 344 g/mol. The van der Waals surface area contributed by atoms with Gasteiger partial charge >= 0.3 is 5.97 Å². The van der Waals surface area contributed by atoms with Crippen LogP contribution in [0.5, 0.6) is 0 Å². The highest BCUT2D eigenvalue weighted by Crippen LogP contribution is 2.45. The van der Waals surface area contributed by atoms with E-state index in [1.54, 1.807) is 0 Å². The van der Waals surface area contributed by atoms with Crippen molar-refractivity contribution >= 4 is 5.97 Å². The maximum atomic E-state index is 11.5. The number of benzene rings is 1. The highest BCUT2D eigenvalue weighted by Gasteiger charge is 2.33. The van der Waals surface area contributed by atoms with Gasteiger partial charge in [-0.25, -0.2) is 4.79 Å². The van der Waals surface area contributed by atoms with E-state index in [0.29, 0.717) is 5.57 Å². The van der Waals surface area contributed by atoms with Gasteiger partial charge in [-0.05, 0) is 99.0 Å². The standard InChI is InChI=1S/C26H38O2/c1-3-5-19-7-9-20(10-8-19)21-11-13-22(14-12-21)23-15-17-24(18-16-23)25(6-4-2)26(27)28/h6-10,21-24H,3-5,11-18H2,1-2H3,(H,27,28). The molecule has 1 N–H and O–H groups in total. The summed E-state index contributed by atoms with van der Waals surface area (Å²) in [6, 6.07) is 9.40. The smallest absolute Gasteiger partial charge is 0.331 e. The topological polar surface area (TPSA) is 37.3 Å². The lowest BCUT2D eigenvalue weighted by Gasteiger charge is -2.38. The Bertz CT molecular complexity index is 642. The van der Waals surface area contributed by atoms with E-state index >= 15 is 0 Å². The average molecular weight is 383 g/mol. The number of aliphatic carboxylic acids is 1. The first kappa shape index (κ1) is 21.1. The third kappa shape index (κ3) is 5.27. The first-order valence-electron chi connectivity index (χ1n) is 11.6. The Labute approximate surface area is 171 Å². The number of hydrogen-bond donors (Lipinski definition) is 1. The van der Waals surface area contributed by atoms with E-state index in [0.717, 1.165) is 37.0 Å². The first-order valence-corrected chi connectivity index (χ1v) is 11.6. The minimum atomic E-state index is -0.698. The molecule has 2 saturated carbocycles. The molecule has 2 heteroatoms. The molecule has 1 aromatic carbocycles. The van der Waals surface area contributed by atoms with E-state index in [1.807, 2.05) is 13.0 Å². The summed E-state index contributed by atoms with van der Waals surface area (Å²) in [5.74, 6) is 2.01. The van der Waals surface area contributed by atoms with Gasteiger partial charge in [0.1, 0.15) is 0 Å². The third-order valence-corrected chi connectivity index (χ3v) is 7.31. The largest absolute Gasteiger partial charge is 0.478 e. The van der Waals surface area contributed by atoms with Crippen molar-refractivity contribution in [3.05, 3.63) is 47.0 Å². The molecule has 0 aliphatic heterocycles. The monoisotopic (exact) mass is 382 g/mol. The quantitative estimate of drug-likeness (QED) is 0.509. The van der Waals surface area contributed by atoms with Gasteiger partial charge in [-0.2, -0.15) is 0 Å². The van der Waals surface area contributed by atoms with Crippen molar-refractivity contribution in [3.63, 3.8) is 0 Å². The van der Waals surface area contributed by atoms with Gasteiger partial charge in [0, 0.05) is 5.57 Å². The summed E-state index contributed by atoms with van der Waals surface area (Å²) in [6.07, 6.45) is 15.1. The van der Waals surface area contributed by atoms with Gasteiger partial charge in [-0.3, -0.25) is 0 Å². The van der Waals surface area contributed by atoms with E-state index < -0.39 is 5.97 Å². The van der Waals surface area contributed by atoms with Crippen molar-refractivity contribution in [3.8, 4) is 0 Å². The molecule has 0 bridgehead atoms. The second-order valence-corrected chi connectivity index (χ2v) is 9.09. The number of aryl methyl sites for hydroxylation is 1. The number of carboxylic acid groups (broad SMARTS) is 1. The van der Waals surface area contributed by atoms with Crippen molar-refractivity contribution in [2.75, 3.05) is 0 Å². The molecule has 2 fully saturated rings. The second kappa shape index (κ2) is 10.3. The lowest BCUT2D eigenvalue weighted by Crippen LogP contribution is -2.27. The van der Waals surface area contributed by atoms with Gasteiger partial charge in [0.05, 0.1) is 0 Å². The van der Waals surface area contributed by atoms with Crippen molar-refractivity contribution in [1.82, 2.24) is 0 Å². The number of carbonyl (C=O) groups is 1. The Morgan fingerprint density at radius 2 is 1.50 bits per heavy atom. The first-order chi connectivity index (χ1) is 13.6. The predicted octanol–water partition coefficient (Wildman–Crippen LogP) is 7.14. The molecule has 28 heavy (non-hydrogen) atoms. The fourth-order valence-electron chi connectivity index (χ4n) is 5.72. The highest BCUT2D eigenvalue weighted by molar-refractivity contribution is 5.87. The van der Waals surface area contributed by atoms with E-state index in [-0.39, 0.29) is 5.92 Å². The molecule has 2 aliphatic rings. The number of rotatable bonds is 7. The van der Waals surface area contributed by atoms with Gasteiger partial charge in [0.25, 0.3) is 0 Å². The van der Waals surface area contributed by atoms with Crippen LogP contribution in [0.25, 0.3) is 0 Å². The van der Waals surface area contributed by atoms with Crippen LogP contribution in [-0.4, -0.2) is 11.1 Å². The zero-order valence-corrected chi connectivity index (χ0v) is 17.8. The summed E-state index contributed by atoms with van der Waals surface area (Å²) < 4.78 is 0. The summed E-state index contributed by atoms with van der Waals surface area (Å²) in [6.45, 7) is 4.27. The van der Waals surface area contributed by atoms with Crippen LogP contribution in [0.2, 0.25) is 0 Å².